The van der Waals surface area contributed by atoms with Crippen LogP contribution in [0.25, 0.3) is 6.08 Å². The van der Waals surface area contributed by atoms with Gasteiger partial charge in [0.2, 0.25) is 0 Å². The van der Waals surface area contributed by atoms with Crippen molar-refractivity contribution in [2.45, 2.75) is 33.6 Å². The van der Waals surface area contributed by atoms with E-state index in [0.29, 0.717) is 0 Å². The molecule has 0 saturated heterocycles. The smallest absolute Gasteiger partial charge is 0.00604 e. The molecule has 0 radical (unpaired) electrons. The minimum atomic E-state index is 1.15. The summed E-state index contributed by atoms with van der Waals surface area (Å²) in [7, 11) is 0. The van der Waals surface area contributed by atoms with Crippen LogP contribution < -0.4 is 0 Å². The lowest BCUT2D eigenvalue weighted by Crippen LogP contribution is -1.91. The number of benzene rings is 1. The van der Waals surface area contributed by atoms with E-state index in [0.717, 1.165) is 12.8 Å². The highest BCUT2D eigenvalue weighted by Gasteiger charge is 2.12. The Hall–Kier alpha value is -1.04. The Labute approximate surface area is 80.3 Å². The highest BCUT2D eigenvalue weighted by molar-refractivity contribution is 5.67. The van der Waals surface area contributed by atoms with Crippen LogP contribution in [0, 0.1) is 6.92 Å². The molecule has 68 valence electrons. The van der Waals surface area contributed by atoms with Gasteiger partial charge in [0.05, 0.1) is 0 Å². The summed E-state index contributed by atoms with van der Waals surface area (Å²) in [5.74, 6) is 0. The molecule has 0 aromatic heterocycles. The van der Waals surface area contributed by atoms with Gasteiger partial charge < -0.3 is 0 Å². The first-order valence-electron chi connectivity index (χ1n) is 5.00. The van der Waals surface area contributed by atoms with E-state index in [1.165, 1.54) is 27.8 Å². The van der Waals surface area contributed by atoms with Crippen molar-refractivity contribution in [1.82, 2.24) is 0 Å². The topological polar surface area (TPSA) is 0 Å². The SMILES string of the molecule is CCc1cc(C)cc2c1C=C(C)C2. The molecule has 1 aromatic carbocycles. The molecule has 0 bridgehead atoms. The van der Waals surface area contributed by atoms with Crippen molar-refractivity contribution in [1.29, 1.82) is 0 Å². The van der Waals surface area contributed by atoms with Crippen LogP contribution in [0.1, 0.15) is 36.1 Å². The third-order valence-corrected chi connectivity index (χ3v) is 2.74. The standard InChI is InChI=1S/C13H16/c1-4-11-5-9(2)6-12-7-10(3)8-13(11)12/h5-6,8H,4,7H2,1-3H3. The van der Waals surface area contributed by atoms with Crippen molar-refractivity contribution in [2.24, 2.45) is 0 Å². The molecular formula is C13H16. The summed E-state index contributed by atoms with van der Waals surface area (Å²) in [5, 5.41) is 0. The highest BCUT2D eigenvalue weighted by Crippen LogP contribution is 2.29. The van der Waals surface area contributed by atoms with Gasteiger partial charge in [-0.2, -0.15) is 0 Å². The van der Waals surface area contributed by atoms with Crippen LogP contribution in [0.2, 0.25) is 0 Å². The number of aryl methyl sites for hydroxylation is 2. The zero-order valence-electron chi connectivity index (χ0n) is 8.65. The molecular weight excluding hydrogens is 156 g/mol. The zero-order chi connectivity index (χ0) is 9.42. The molecule has 0 fully saturated rings. The van der Waals surface area contributed by atoms with Gasteiger partial charge in [0, 0.05) is 0 Å². The minimum Gasteiger partial charge on any atom is -0.0683 e. The summed E-state index contributed by atoms with van der Waals surface area (Å²) in [6.45, 7) is 6.64. The van der Waals surface area contributed by atoms with E-state index in [-0.39, 0.29) is 0 Å². The number of hydrogen-bond acceptors (Lipinski definition) is 0. The molecule has 0 nitrogen and oxygen atoms in total. The van der Waals surface area contributed by atoms with E-state index in [1.54, 1.807) is 0 Å². The quantitative estimate of drug-likeness (QED) is 0.608. The van der Waals surface area contributed by atoms with Crippen molar-refractivity contribution in [3.05, 3.63) is 40.0 Å². The van der Waals surface area contributed by atoms with Gasteiger partial charge in [-0.3, -0.25) is 0 Å². The molecule has 0 spiro atoms. The summed E-state index contributed by atoms with van der Waals surface area (Å²) in [6.07, 6.45) is 4.64. The summed E-state index contributed by atoms with van der Waals surface area (Å²) >= 11 is 0. The Bertz CT molecular complexity index is 370. The highest BCUT2D eigenvalue weighted by atomic mass is 14.2. The van der Waals surface area contributed by atoms with Gasteiger partial charge >= 0.3 is 0 Å². The third-order valence-electron chi connectivity index (χ3n) is 2.74. The van der Waals surface area contributed by atoms with Gasteiger partial charge in [0.1, 0.15) is 0 Å². The lowest BCUT2D eigenvalue weighted by atomic mass is 9.98. The lowest BCUT2D eigenvalue weighted by molar-refractivity contribution is 1.10. The van der Waals surface area contributed by atoms with Crippen LogP contribution in [0.4, 0.5) is 0 Å². The maximum atomic E-state index is 2.34. The molecule has 0 heterocycles. The lowest BCUT2D eigenvalue weighted by Gasteiger charge is -2.06. The number of fused-ring (bicyclic) bond motifs is 1. The van der Waals surface area contributed by atoms with E-state index in [4.69, 9.17) is 0 Å². The number of hydrogen-bond donors (Lipinski definition) is 0. The zero-order valence-corrected chi connectivity index (χ0v) is 8.65. The second-order valence-electron chi connectivity index (χ2n) is 4.02. The van der Waals surface area contributed by atoms with E-state index < -0.39 is 0 Å². The first-order valence-corrected chi connectivity index (χ1v) is 5.00. The van der Waals surface area contributed by atoms with Crippen LogP contribution in [0.15, 0.2) is 17.7 Å². The fourth-order valence-corrected chi connectivity index (χ4v) is 2.18. The van der Waals surface area contributed by atoms with Crippen LogP contribution in [-0.4, -0.2) is 0 Å². The van der Waals surface area contributed by atoms with Crippen molar-refractivity contribution >= 4 is 6.08 Å². The fraction of sp³-hybridized carbons (Fsp3) is 0.385. The monoisotopic (exact) mass is 172 g/mol. The van der Waals surface area contributed by atoms with Gasteiger partial charge in [0.25, 0.3) is 0 Å². The second-order valence-corrected chi connectivity index (χ2v) is 4.02. The van der Waals surface area contributed by atoms with Crippen LogP contribution in [0.5, 0.6) is 0 Å². The van der Waals surface area contributed by atoms with Crippen LogP contribution in [0.3, 0.4) is 0 Å². The van der Waals surface area contributed by atoms with Gasteiger partial charge in [-0.05, 0) is 43.4 Å². The molecule has 0 saturated carbocycles. The van der Waals surface area contributed by atoms with Gasteiger partial charge in [-0.25, -0.2) is 0 Å². The largest absolute Gasteiger partial charge is 0.0683 e. The van der Waals surface area contributed by atoms with E-state index in [1.807, 2.05) is 0 Å². The van der Waals surface area contributed by atoms with Gasteiger partial charge in [0.15, 0.2) is 0 Å². The maximum absolute atomic E-state index is 2.34. The average Bonchev–Trinajstić information content (AvgIpc) is 2.43. The van der Waals surface area contributed by atoms with Crippen molar-refractivity contribution in [2.75, 3.05) is 0 Å². The average molecular weight is 172 g/mol. The van der Waals surface area contributed by atoms with Gasteiger partial charge in [-0.1, -0.05) is 36.3 Å². The second kappa shape index (κ2) is 3.02. The Morgan fingerprint density at radius 1 is 1.23 bits per heavy atom. The Morgan fingerprint density at radius 2 is 2.00 bits per heavy atom. The summed E-state index contributed by atoms with van der Waals surface area (Å²) in [4.78, 5) is 0. The predicted octanol–water partition coefficient (Wildman–Crippen LogP) is 3.52. The van der Waals surface area contributed by atoms with Crippen LogP contribution in [-0.2, 0) is 12.8 Å². The van der Waals surface area contributed by atoms with E-state index in [2.05, 4.69) is 39.0 Å². The molecule has 0 unspecified atom stereocenters. The number of allylic oxidation sites excluding steroid dienone is 1. The maximum Gasteiger partial charge on any atom is -0.00604 e. The molecule has 0 N–H and O–H groups in total. The summed E-state index contributed by atoms with van der Waals surface area (Å²) < 4.78 is 0. The molecule has 2 rings (SSSR count). The minimum absolute atomic E-state index is 1.15. The van der Waals surface area contributed by atoms with Crippen molar-refractivity contribution in [3.63, 3.8) is 0 Å². The number of rotatable bonds is 1. The van der Waals surface area contributed by atoms with E-state index in [9.17, 15) is 0 Å². The van der Waals surface area contributed by atoms with Crippen molar-refractivity contribution in [3.8, 4) is 0 Å². The molecule has 13 heavy (non-hydrogen) atoms. The molecule has 0 aliphatic heterocycles. The normalized spacial score (nSPS) is 14.2. The predicted molar refractivity (Wildman–Crippen MR) is 57.9 cm³/mol. The molecule has 0 atom stereocenters. The molecule has 1 aliphatic carbocycles. The third kappa shape index (κ3) is 1.41. The first-order chi connectivity index (χ1) is 6.20. The Kier molecular flexibility index (Phi) is 1.99. The van der Waals surface area contributed by atoms with Crippen molar-refractivity contribution < 1.29 is 0 Å². The summed E-state index contributed by atoms with van der Waals surface area (Å²) in [6, 6.07) is 4.63. The molecule has 0 amide bonds. The first kappa shape index (κ1) is 8.55. The molecule has 1 aromatic rings. The Morgan fingerprint density at radius 3 is 2.69 bits per heavy atom. The van der Waals surface area contributed by atoms with Crippen LogP contribution >= 0.6 is 0 Å². The molecule has 1 aliphatic rings. The Balaban J connectivity index is 2.58. The van der Waals surface area contributed by atoms with Gasteiger partial charge in [-0.15, -0.1) is 0 Å². The van der Waals surface area contributed by atoms with E-state index >= 15 is 0 Å². The fourth-order valence-electron chi connectivity index (χ4n) is 2.18. The summed E-state index contributed by atoms with van der Waals surface area (Å²) in [5.41, 5.74) is 7.42. The molecule has 0 heteroatoms.